The predicted octanol–water partition coefficient (Wildman–Crippen LogP) is 6.54. The Balaban J connectivity index is 5.23. The first-order valence-corrected chi connectivity index (χ1v) is 23.4. The van der Waals surface area contributed by atoms with Gasteiger partial charge in [0.1, 0.15) is 6.04 Å². The van der Waals surface area contributed by atoms with Gasteiger partial charge in [-0.2, -0.15) is 0 Å². The summed E-state index contributed by atoms with van der Waals surface area (Å²) in [7, 11) is 0. The van der Waals surface area contributed by atoms with Crippen molar-refractivity contribution in [2.45, 2.75) is 217 Å². The quantitative estimate of drug-likeness (QED) is 0.0402. The number of carbonyl (C=O) groups excluding carboxylic acids is 5. The van der Waals surface area contributed by atoms with E-state index in [2.05, 4.69) is 90.5 Å². The van der Waals surface area contributed by atoms with E-state index in [0.29, 0.717) is 39.3 Å². The number of hydrogen-bond donors (Lipinski definition) is 6. The van der Waals surface area contributed by atoms with Crippen molar-refractivity contribution in [2.24, 2.45) is 33.1 Å². The van der Waals surface area contributed by atoms with Crippen LogP contribution in [0.15, 0.2) is 0 Å². The van der Waals surface area contributed by atoms with Gasteiger partial charge in [0, 0.05) is 31.5 Å². The molecule has 0 radical (unpaired) electrons. The van der Waals surface area contributed by atoms with Crippen molar-refractivity contribution in [3.05, 3.63) is 0 Å². The SMILES string of the molecule is CCC(C)(C)CC(C)(C)COCC(CNC(=O)CCC(NC(=O)CCC(C)(C)OCCC(C)(C)NC(C)(C)C(=O)CNC(C)(C)C(=O)CN)C(N)=O)OCC(C)(C)CC(C)(C)CC. The van der Waals surface area contributed by atoms with Crippen LogP contribution in [0.5, 0.6) is 0 Å². The summed E-state index contributed by atoms with van der Waals surface area (Å²) in [5.41, 5.74) is 8.50. The fourth-order valence-electron chi connectivity index (χ4n) is 7.99. The van der Waals surface area contributed by atoms with Crippen molar-refractivity contribution in [3.63, 3.8) is 0 Å². The van der Waals surface area contributed by atoms with Crippen LogP contribution in [-0.2, 0) is 38.2 Å². The largest absolute Gasteiger partial charge is 0.378 e. The van der Waals surface area contributed by atoms with Crippen LogP contribution in [0.2, 0.25) is 0 Å². The Morgan fingerprint density at radius 2 is 1.19 bits per heavy atom. The minimum atomic E-state index is -1.01. The molecule has 0 aromatic heterocycles. The molecule has 0 spiro atoms. The lowest BCUT2D eigenvalue weighted by atomic mass is 9.74. The summed E-state index contributed by atoms with van der Waals surface area (Å²) in [6.45, 7) is 39.0. The van der Waals surface area contributed by atoms with Gasteiger partial charge in [0.2, 0.25) is 17.7 Å². The number of Topliss-reactive ketones (excluding diaryl/α,β-unsaturated/α-hetero) is 2. The highest BCUT2D eigenvalue weighted by Gasteiger charge is 2.36. The van der Waals surface area contributed by atoms with Crippen LogP contribution in [0.1, 0.15) is 182 Å². The Hall–Kier alpha value is -2.49. The standard InChI is InChI=1S/C49H96N6O8/c1-19-42(3,4)31-44(7,8)33-61-30-35(62-34-45(9,10)32-43(5,6)20-2)28-52-39(58)22-21-36(41(51)60)54-40(59)23-24-47(13,14)63-26-25-46(11,12)55-49(17,18)38(57)29-53-48(15,16)37(56)27-50/h35-36,53,55H,19-34,50H2,1-18H3,(H2,51,60)(H,52,58)(H,54,59). The van der Waals surface area contributed by atoms with Gasteiger partial charge in [0.25, 0.3) is 0 Å². The summed E-state index contributed by atoms with van der Waals surface area (Å²) in [4.78, 5) is 63.8. The van der Waals surface area contributed by atoms with Crippen LogP contribution >= 0.6 is 0 Å². The Kier molecular flexibility index (Phi) is 24.4. The van der Waals surface area contributed by atoms with Crippen molar-refractivity contribution < 1.29 is 38.2 Å². The van der Waals surface area contributed by atoms with Gasteiger partial charge in [-0.1, -0.05) is 82.1 Å². The molecule has 0 bridgehead atoms. The maximum absolute atomic E-state index is 13.1. The summed E-state index contributed by atoms with van der Waals surface area (Å²) in [6, 6.07) is -1.01. The number of hydrogen-bond acceptors (Lipinski definition) is 11. The molecule has 2 atom stereocenters. The zero-order valence-electron chi connectivity index (χ0n) is 43.4. The molecule has 2 unspecified atom stereocenters. The van der Waals surface area contributed by atoms with E-state index in [4.69, 9.17) is 25.7 Å². The molecule has 0 aliphatic rings. The fraction of sp³-hybridized carbons (Fsp3) is 0.898. The van der Waals surface area contributed by atoms with E-state index in [9.17, 15) is 24.0 Å². The van der Waals surface area contributed by atoms with Gasteiger partial charge in [-0.05, 0) is 109 Å². The van der Waals surface area contributed by atoms with E-state index >= 15 is 0 Å². The summed E-state index contributed by atoms with van der Waals surface area (Å²) in [5.74, 6) is -1.64. The van der Waals surface area contributed by atoms with Gasteiger partial charge in [-0.25, -0.2) is 0 Å². The van der Waals surface area contributed by atoms with E-state index < -0.39 is 34.2 Å². The molecule has 370 valence electrons. The first-order valence-electron chi connectivity index (χ1n) is 23.4. The number of rotatable bonds is 35. The molecule has 0 aromatic carbocycles. The number of ether oxygens (including phenoxy) is 3. The maximum Gasteiger partial charge on any atom is 0.240 e. The van der Waals surface area contributed by atoms with E-state index in [1.165, 1.54) is 0 Å². The van der Waals surface area contributed by atoms with Crippen LogP contribution < -0.4 is 32.7 Å². The minimum absolute atomic E-state index is 0.00399. The monoisotopic (exact) mass is 897 g/mol. The van der Waals surface area contributed by atoms with Crippen LogP contribution in [0.25, 0.3) is 0 Å². The van der Waals surface area contributed by atoms with Crippen molar-refractivity contribution in [3.8, 4) is 0 Å². The highest BCUT2D eigenvalue weighted by molar-refractivity contribution is 5.92. The zero-order chi connectivity index (χ0) is 49.3. The Labute approximate surface area is 383 Å². The fourth-order valence-corrected chi connectivity index (χ4v) is 7.99. The van der Waals surface area contributed by atoms with Gasteiger partial charge in [0.15, 0.2) is 11.6 Å². The van der Waals surface area contributed by atoms with Crippen LogP contribution in [0, 0.1) is 21.7 Å². The third-order valence-electron chi connectivity index (χ3n) is 12.3. The maximum atomic E-state index is 13.1. The molecular weight excluding hydrogens is 801 g/mol. The third-order valence-corrected chi connectivity index (χ3v) is 12.3. The predicted molar refractivity (Wildman–Crippen MR) is 255 cm³/mol. The summed E-state index contributed by atoms with van der Waals surface area (Å²) >= 11 is 0. The summed E-state index contributed by atoms with van der Waals surface area (Å²) < 4.78 is 18.9. The first-order chi connectivity index (χ1) is 28.4. The number of ketones is 2. The molecule has 0 aliphatic carbocycles. The van der Waals surface area contributed by atoms with Crippen molar-refractivity contribution in [1.82, 2.24) is 21.3 Å². The van der Waals surface area contributed by atoms with Gasteiger partial charge >= 0.3 is 0 Å². The van der Waals surface area contributed by atoms with Gasteiger partial charge in [0.05, 0.1) is 55.7 Å². The Bertz CT molecular complexity index is 1450. The molecule has 0 aliphatic heterocycles. The van der Waals surface area contributed by atoms with Gasteiger partial charge in [-0.3, -0.25) is 29.3 Å². The number of amides is 3. The molecule has 63 heavy (non-hydrogen) atoms. The topological polar surface area (TPSA) is 213 Å². The molecular formula is C49H96N6O8. The first kappa shape index (κ1) is 60.5. The lowest BCUT2D eigenvalue weighted by Gasteiger charge is -2.38. The number of primary amides is 1. The summed E-state index contributed by atoms with van der Waals surface area (Å²) in [5, 5.41) is 12.1. The number of nitrogens with one attached hydrogen (secondary N) is 4. The molecule has 8 N–H and O–H groups in total. The number of nitrogens with two attached hydrogens (primary N) is 2. The highest BCUT2D eigenvalue weighted by atomic mass is 16.5. The lowest BCUT2D eigenvalue weighted by molar-refractivity contribution is -0.129. The van der Waals surface area contributed by atoms with E-state index in [1.807, 2.05) is 41.5 Å². The molecule has 0 heterocycles. The lowest BCUT2D eigenvalue weighted by Crippen LogP contribution is -2.60. The second-order valence-corrected chi connectivity index (χ2v) is 23.6. The second-order valence-electron chi connectivity index (χ2n) is 23.6. The molecule has 0 fully saturated rings. The molecule has 14 heteroatoms. The molecule has 0 saturated carbocycles. The van der Waals surface area contributed by atoms with E-state index in [-0.39, 0.29) is 90.0 Å². The molecule has 14 nitrogen and oxygen atoms in total. The van der Waals surface area contributed by atoms with Crippen molar-refractivity contribution >= 4 is 29.3 Å². The Morgan fingerprint density at radius 1 is 0.651 bits per heavy atom. The molecule has 0 aromatic rings. The zero-order valence-corrected chi connectivity index (χ0v) is 43.4. The van der Waals surface area contributed by atoms with Crippen molar-refractivity contribution in [1.29, 1.82) is 0 Å². The van der Waals surface area contributed by atoms with E-state index in [0.717, 1.165) is 25.7 Å². The molecule has 0 rings (SSSR count). The second kappa shape index (κ2) is 25.4. The highest BCUT2D eigenvalue weighted by Crippen LogP contribution is 2.37. The van der Waals surface area contributed by atoms with E-state index in [1.54, 1.807) is 13.8 Å². The average molecular weight is 897 g/mol. The smallest absolute Gasteiger partial charge is 0.240 e. The average Bonchev–Trinajstić information content (AvgIpc) is 3.13. The van der Waals surface area contributed by atoms with Crippen LogP contribution in [0.3, 0.4) is 0 Å². The minimum Gasteiger partial charge on any atom is -0.378 e. The van der Waals surface area contributed by atoms with Crippen LogP contribution in [0.4, 0.5) is 0 Å². The summed E-state index contributed by atoms with van der Waals surface area (Å²) in [6.07, 6.45) is 4.83. The molecule has 0 saturated heterocycles. The molecule has 3 amide bonds. The van der Waals surface area contributed by atoms with Crippen molar-refractivity contribution in [2.75, 3.05) is 46.1 Å². The van der Waals surface area contributed by atoms with Crippen LogP contribution in [-0.4, -0.2) is 110 Å². The Morgan fingerprint density at radius 3 is 1.70 bits per heavy atom. The van der Waals surface area contributed by atoms with Gasteiger partial charge < -0.3 is 41.6 Å². The normalized spacial score (nSPS) is 14.6. The number of carbonyl (C=O) groups is 5. The third kappa shape index (κ3) is 26.3. The van der Waals surface area contributed by atoms with Gasteiger partial charge in [-0.15, -0.1) is 0 Å².